The van der Waals surface area contributed by atoms with Crippen molar-refractivity contribution in [2.45, 2.75) is 38.1 Å². The van der Waals surface area contributed by atoms with Gasteiger partial charge in [0.2, 0.25) is 5.91 Å². The number of aliphatic hydroxyl groups is 1. The molecule has 29 heavy (non-hydrogen) atoms. The Bertz CT molecular complexity index is 810. The zero-order valence-electron chi connectivity index (χ0n) is 15.9. The van der Waals surface area contributed by atoms with Crippen molar-refractivity contribution < 1.29 is 29.3 Å². The van der Waals surface area contributed by atoms with Crippen LogP contribution in [-0.2, 0) is 27.4 Å². The fourth-order valence-corrected chi connectivity index (χ4v) is 2.61. The first-order chi connectivity index (χ1) is 13.9. The lowest BCUT2D eigenvalue weighted by molar-refractivity contribution is -0.142. The zero-order valence-corrected chi connectivity index (χ0v) is 15.9. The van der Waals surface area contributed by atoms with E-state index in [1.807, 2.05) is 6.07 Å². The van der Waals surface area contributed by atoms with Gasteiger partial charge in [-0.25, -0.2) is 9.59 Å². The van der Waals surface area contributed by atoms with E-state index in [0.29, 0.717) is 0 Å². The quantitative estimate of drug-likeness (QED) is 0.505. The number of carbonyl (C=O) groups excluding carboxylic acids is 2. The van der Waals surface area contributed by atoms with Gasteiger partial charge in [0, 0.05) is 6.42 Å². The molecule has 3 atom stereocenters. The summed E-state index contributed by atoms with van der Waals surface area (Å²) in [4.78, 5) is 36.0. The molecule has 154 valence electrons. The lowest BCUT2D eigenvalue weighted by Crippen LogP contribution is -2.56. The summed E-state index contributed by atoms with van der Waals surface area (Å²) < 4.78 is 5.05. The highest BCUT2D eigenvalue weighted by atomic mass is 16.5. The molecule has 2 aromatic rings. The minimum absolute atomic E-state index is 0.00736. The van der Waals surface area contributed by atoms with Crippen LogP contribution in [0.3, 0.4) is 0 Å². The average molecular weight is 400 g/mol. The molecule has 2 amide bonds. The van der Waals surface area contributed by atoms with E-state index >= 15 is 0 Å². The van der Waals surface area contributed by atoms with Crippen molar-refractivity contribution in [3.05, 3.63) is 71.8 Å². The Morgan fingerprint density at radius 3 is 2.00 bits per heavy atom. The third-order valence-corrected chi connectivity index (χ3v) is 4.15. The fraction of sp³-hybridized carbons (Fsp3) is 0.286. The summed E-state index contributed by atoms with van der Waals surface area (Å²) in [6.45, 7) is 1.31. The Morgan fingerprint density at radius 1 is 0.931 bits per heavy atom. The summed E-state index contributed by atoms with van der Waals surface area (Å²) >= 11 is 0. The maximum absolute atomic E-state index is 12.5. The van der Waals surface area contributed by atoms with Crippen LogP contribution in [-0.4, -0.2) is 46.4 Å². The number of hydrogen-bond acceptors (Lipinski definition) is 5. The third kappa shape index (κ3) is 7.27. The molecule has 0 radical (unpaired) electrons. The van der Waals surface area contributed by atoms with Crippen LogP contribution in [0.15, 0.2) is 60.7 Å². The highest BCUT2D eigenvalue weighted by Gasteiger charge is 2.30. The van der Waals surface area contributed by atoms with Crippen molar-refractivity contribution in [3.63, 3.8) is 0 Å². The monoisotopic (exact) mass is 400 g/mol. The number of nitrogens with one attached hydrogen (secondary N) is 2. The number of carboxylic acids is 1. The van der Waals surface area contributed by atoms with Crippen LogP contribution < -0.4 is 10.6 Å². The van der Waals surface area contributed by atoms with Gasteiger partial charge in [-0.2, -0.15) is 0 Å². The molecule has 0 aliphatic heterocycles. The first-order valence-corrected chi connectivity index (χ1v) is 9.09. The Labute approximate surface area is 168 Å². The van der Waals surface area contributed by atoms with Gasteiger partial charge in [0.05, 0.1) is 6.10 Å². The van der Waals surface area contributed by atoms with Crippen molar-refractivity contribution in [2.75, 3.05) is 0 Å². The number of alkyl carbamates (subject to hydrolysis) is 1. The van der Waals surface area contributed by atoms with Gasteiger partial charge >= 0.3 is 12.1 Å². The Kier molecular flexibility index (Phi) is 8.17. The highest BCUT2D eigenvalue weighted by Crippen LogP contribution is 2.05. The molecule has 0 aromatic heterocycles. The molecular formula is C21H24N2O6. The normalized spacial score (nSPS) is 13.6. The van der Waals surface area contributed by atoms with Crippen molar-refractivity contribution >= 4 is 18.0 Å². The third-order valence-electron chi connectivity index (χ3n) is 4.15. The van der Waals surface area contributed by atoms with E-state index in [-0.39, 0.29) is 13.0 Å². The van der Waals surface area contributed by atoms with Crippen LogP contribution in [0.4, 0.5) is 4.79 Å². The number of aliphatic carboxylic acids is 1. The summed E-state index contributed by atoms with van der Waals surface area (Å²) in [6.07, 6.45) is -2.09. The van der Waals surface area contributed by atoms with E-state index in [1.165, 1.54) is 6.92 Å². The van der Waals surface area contributed by atoms with E-state index in [9.17, 15) is 24.6 Å². The molecule has 0 saturated carbocycles. The number of aliphatic hydroxyl groups excluding tert-OH is 1. The van der Waals surface area contributed by atoms with E-state index < -0.39 is 36.2 Å². The molecule has 0 unspecified atom stereocenters. The topological polar surface area (TPSA) is 125 Å². The molecule has 0 aliphatic rings. The largest absolute Gasteiger partial charge is 0.480 e. The van der Waals surface area contributed by atoms with E-state index in [1.54, 1.807) is 54.6 Å². The minimum atomic E-state index is -1.36. The van der Waals surface area contributed by atoms with Gasteiger partial charge in [-0.15, -0.1) is 0 Å². The summed E-state index contributed by atoms with van der Waals surface area (Å²) in [6, 6.07) is 15.2. The summed E-state index contributed by atoms with van der Waals surface area (Å²) in [5.41, 5.74) is 1.48. The minimum Gasteiger partial charge on any atom is -0.480 e. The van der Waals surface area contributed by atoms with E-state index in [0.717, 1.165) is 11.1 Å². The van der Waals surface area contributed by atoms with E-state index in [2.05, 4.69) is 10.6 Å². The maximum Gasteiger partial charge on any atom is 0.408 e. The lowest BCUT2D eigenvalue weighted by Gasteiger charge is -2.23. The second-order valence-corrected chi connectivity index (χ2v) is 6.51. The fourth-order valence-electron chi connectivity index (χ4n) is 2.61. The molecule has 8 nitrogen and oxygen atoms in total. The number of hydrogen-bond donors (Lipinski definition) is 4. The van der Waals surface area contributed by atoms with Gasteiger partial charge in [-0.1, -0.05) is 60.7 Å². The number of ether oxygens (including phenoxy) is 1. The average Bonchev–Trinajstić information content (AvgIpc) is 2.71. The SMILES string of the molecule is C[C@@H](O)[C@H](NC(=O)OCc1ccccc1)C(=O)N[C@@H](Cc1ccccc1)C(=O)O. The standard InChI is InChI=1S/C21H24N2O6/c1-14(24)18(23-21(28)29-13-16-10-6-3-7-11-16)19(25)22-17(20(26)27)12-15-8-4-2-5-9-15/h2-11,14,17-18,24H,12-13H2,1H3,(H,22,25)(H,23,28)(H,26,27)/t14-,17+,18+/m1/s1. The zero-order chi connectivity index (χ0) is 21.2. The summed E-state index contributed by atoms with van der Waals surface area (Å²) in [5, 5.41) is 23.9. The van der Waals surface area contributed by atoms with Crippen LogP contribution in [0.5, 0.6) is 0 Å². The first-order valence-electron chi connectivity index (χ1n) is 9.09. The van der Waals surface area contributed by atoms with Gasteiger partial charge in [-0.3, -0.25) is 4.79 Å². The number of benzene rings is 2. The summed E-state index contributed by atoms with van der Waals surface area (Å²) in [5.74, 6) is -2.04. The predicted octanol–water partition coefficient (Wildman–Crippen LogP) is 1.47. The van der Waals surface area contributed by atoms with Gasteiger partial charge in [0.1, 0.15) is 18.7 Å². The summed E-state index contributed by atoms with van der Waals surface area (Å²) in [7, 11) is 0. The molecule has 0 bridgehead atoms. The lowest BCUT2D eigenvalue weighted by atomic mass is 10.0. The molecule has 8 heteroatoms. The molecule has 0 heterocycles. The van der Waals surface area contributed by atoms with Crippen LogP contribution in [0.2, 0.25) is 0 Å². The smallest absolute Gasteiger partial charge is 0.408 e. The van der Waals surface area contributed by atoms with Crippen molar-refractivity contribution in [2.24, 2.45) is 0 Å². The van der Waals surface area contributed by atoms with Crippen LogP contribution in [0.25, 0.3) is 0 Å². The maximum atomic E-state index is 12.5. The van der Waals surface area contributed by atoms with Crippen molar-refractivity contribution in [1.82, 2.24) is 10.6 Å². The Morgan fingerprint density at radius 2 is 1.48 bits per heavy atom. The first kappa shape index (κ1) is 21.9. The molecule has 0 saturated heterocycles. The molecule has 2 rings (SSSR count). The van der Waals surface area contributed by atoms with Crippen molar-refractivity contribution in [1.29, 1.82) is 0 Å². The van der Waals surface area contributed by atoms with Gasteiger partial charge in [0.15, 0.2) is 0 Å². The van der Waals surface area contributed by atoms with Crippen LogP contribution in [0, 0.1) is 0 Å². The van der Waals surface area contributed by atoms with Crippen LogP contribution in [0.1, 0.15) is 18.1 Å². The Hall–Kier alpha value is -3.39. The number of amides is 2. The number of rotatable bonds is 9. The second kappa shape index (κ2) is 10.8. The Balaban J connectivity index is 1.96. The number of carbonyl (C=O) groups is 3. The molecule has 0 fully saturated rings. The number of carboxylic acid groups (broad SMARTS) is 1. The highest BCUT2D eigenvalue weighted by molar-refractivity contribution is 5.89. The molecule has 0 aliphatic carbocycles. The predicted molar refractivity (Wildman–Crippen MR) is 105 cm³/mol. The van der Waals surface area contributed by atoms with Crippen LogP contribution >= 0.6 is 0 Å². The second-order valence-electron chi connectivity index (χ2n) is 6.51. The van der Waals surface area contributed by atoms with Gasteiger partial charge in [0.25, 0.3) is 0 Å². The van der Waals surface area contributed by atoms with Gasteiger partial charge in [-0.05, 0) is 18.1 Å². The van der Waals surface area contributed by atoms with Gasteiger partial charge < -0.3 is 25.6 Å². The van der Waals surface area contributed by atoms with Crippen molar-refractivity contribution in [3.8, 4) is 0 Å². The van der Waals surface area contributed by atoms with E-state index in [4.69, 9.17) is 4.74 Å². The molecular weight excluding hydrogens is 376 g/mol. The molecule has 2 aromatic carbocycles. The molecule has 4 N–H and O–H groups in total. The molecule has 0 spiro atoms.